The van der Waals surface area contributed by atoms with E-state index in [1.54, 1.807) is 0 Å². The van der Waals surface area contributed by atoms with Gasteiger partial charge in [0, 0.05) is 0 Å². The largest absolute Gasteiger partial charge is 0.469 e. The summed E-state index contributed by atoms with van der Waals surface area (Å²) in [6.07, 6.45) is 8.54. The lowest BCUT2D eigenvalue weighted by Crippen LogP contribution is -2.62. The monoisotopic (exact) mass is 464 g/mol. The number of hydrogen-bond donors (Lipinski definition) is 3. The summed E-state index contributed by atoms with van der Waals surface area (Å²) in [6.45, 7) is 8.98. The predicted molar refractivity (Wildman–Crippen MR) is 128 cm³/mol. The molecule has 4 aliphatic rings. The van der Waals surface area contributed by atoms with Crippen LogP contribution < -0.4 is 0 Å². The van der Waals surface area contributed by atoms with Gasteiger partial charge in [0.2, 0.25) is 0 Å². The number of ether oxygens (including phenoxy) is 1. The van der Waals surface area contributed by atoms with Gasteiger partial charge in [0.1, 0.15) is 0 Å². The van der Waals surface area contributed by atoms with Crippen LogP contribution >= 0.6 is 0 Å². The van der Waals surface area contributed by atoms with Gasteiger partial charge in [-0.25, -0.2) is 0 Å². The standard InChI is InChI=1S/C28H48O5/c1-16(7-6-8-17(2)26(32)33-5)20-9-10-21-25-22(15-24(31)28(20,21)4)27(3)12-11-19(29)13-18(27)14-23(25)30/h16-25,29-31H,6-15H2,1-5H3/t16-,17-,18+,19-,20?,21+,22?,23-,24+,25?,27+,28-/m1/s1. The zero-order valence-corrected chi connectivity index (χ0v) is 21.5. The molecule has 4 aliphatic carbocycles. The Kier molecular flexibility index (Phi) is 7.27. The molecule has 190 valence electrons. The summed E-state index contributed by atoms with van der Waals surface area (Å²) < 4.78 is 4.87. The van der Waals surface area contributed by atoms with Crippen LogP contribution in [0.2, 0.25) is 0 Å². The number of carbonyl (C=O) groups is 1. The highest BCUT2D eigenvalue weighted by atomic mass is 16.5. The lowest BCUT2D eigenvalue weighted by atomic mass is 9.43. The van der Waals surface area contributed by atoms with Crippen molar-refractivity contribution in [3.63, 3.8) is 0 Å². The average molecular weight is 465 g/mol. The molecule has 4 fully saturated rings. The molecule has 33 heavy (non-hydrogen) atoms. The van der Waals surface area contributed by atoms with Crippen LogP contribution in [0.1, 0.15) is 91.9 Å². The third-order valence-corrected chi connectivity index (χ3v) is 11.4. The third kappa shape index (κ3) is 4.18. The maximum atomic E-state index is 11.7. The van der Waals surface area contributed by atoms with E-state index in [0.29, 0.717) is 29.6 Å². The van der Waals surface area contributed by atoms with E-state index < -0.39 is 0 Å². The Bertz CT molecular complexity index is 710. The van der Waals surface area contributed by atoms with E-state index in [4.69, 9.17) is 4.74 Å². The van der Waals surface area contributed by atoms with Gasteiger partial charge in [-0.1, -0.05) is 40.5 Å². The summed E-state index contributed by atoms with van der Waals surface area (Å²) >= 11 is 0. The summed E-state index contributed by atoms with van der Waals surface area (Å²) in [5, 5.41) is 33.3. The highest BCUT2D eigenvalue weighted by Crippen LogP contribution is 2.68. The number of aliphatic hydroxyl groups excluding tert-OH is 3. The van der Waals surface area contributed by atoms with Crippen molar-refractivity contribution in [2.24, 2.45) is 52.3 Å². The van der Waals surface area contributed by atoms with Crippen molar-refractivity contribution >= 4 is 5.97 Å². The number of carbonyl (C=O) groups excluding carboxylic acids is 1. The number of esters is 1. The molecule has 3 N–H and O–H groups in total. The maximum Gasteiger partial charge on any atom is 0.308 e. The van der Waals surface area contributed by atoms with E-state index in [-0.39, 0.29) is 46.9 Å². The Hall–Kier alpha value is -0.650. The Morgan fingerprint density at radius 1 is 1.00 bits per heavy atom. The zero-order valence-electron chi connectivity index (χ0n) is 21.5. The third-order valence-electron chi connectivity index (χ3n) is 11.4. The van der Waals surface area contributed by atoms with Gasteiger partial charge < -0.3 is 20.1 Å². The summed E-state index contributed by atoms with van der Waals surface area (Å²) in [6, 6.07) is 0. The highest BCUT2D eigenvalue weighted by molar-refractivity contribution is 5.71. The van der Waals surface area contributed by atoms with Crippen molar-refractivity contribution in [3.05, 3.63) is 0 Å². The van der Waals surface area contributed by atoms with Crippen LogP contribution in [0.5, 0.6) is 0 Å². The second kappa shape index (κ2) is 9.43. The molecular weight excluding hydrogens is 416 g/mol. The molecule has 0 bridgehead atoms. The van der Waals surface area contributed by atoms with Gasteiger partial charge in [0.25, 0.3) is 0 Å². The van der Waals surface area contributed by atoms with Gasteiger partial charge in [-0.05, 0) is 97.7 Å². The first-order valence-corrected chi connectivity index (χ1v) is 13.7. The fraction of sp³-hybridized carbons (Fsp3) is 0.964. The van der Waals surface area contributed by atoms with Crippen molar-refractivity contribution < 1.29 is 24.9 Å². The zero-order chi connectivity index (χ0) is 24.1. The molecule has 0 heterocycles. The number of methoxy groups -OCH3 is 1. The molecule has 4 rings (SSSR count). The molecule has 0 saturated heterocycles. The number of hydrogen-bond acceptors (Lipinski definition) is 5. The van der Waals surface area contributed by atoms with E-state index >= 15 is 0 Å². The molecule has 0 aliphatic heterocycles. The van der Waals surface area contributed by atoms with Crippen molar-refractivity contribution in [3.8, 4) is 0 Å². The van der Waals surface area contributed by atoms with Gasteiger partial charge in [-0.15, -0.1) is 0 Å². The first-order chi connectivity index (χ1) is 15.5. The van der Waals surface area contributed by atoms with Crippen LogP contribution in [0, 0.1) is 52.3 Å². The van der Waals surface area contributed by atoms with Crippen LogP contribution in [-0.4, -0.2) is 46.7 Å². The predicted octanol–water partition coefficient (Wildman–Crippen LogP) is 4.56. The molecule has 5 nitrogen and oxygen atoms in total. The normalized spacial score (nSPS) is 48.8. The van der Waals surface area contributed by atoms with Gasteiger partial charge in [0.15, 0.2) is 0 Å². The molecule has 0 aromatic carbocycles. The summed E-state index contributed by atoms with van der Waals surface area (Å²) in [4.78, 5) is 11.7. The average Bonchev–Trinajstić information content (AvgIpc) is 3.13. The lowest BCUT2D eigenvalue weighted by Gasteiger charge is -2.63. The second-order valence-corrected chi connectivity index (χ2v) is 12.9. The molecule has 5 heteroatoms. The van der Waals surface area contributed by atoms with Crippen LogP contribution in [-0.2, 0) is 9.53 Å². The van der Waals surface area contributed by atoms with Crippen molar-refractivity contribution in [1.29, 1.82) is 0 Å². The highest BCUT2D eigenvalue weighted by Gasteiger charge is 2.65. The number of fused-ring (bicyclic) bond motifs is 5. The minimum absolute atomic E-state index is 0.0600. The Labute approximate surface area is 200 Å². The SMILES string of the molecule is COC(=O)[C@H](C)CCC[C@@H](C)C1CC[C@H]2C3C(C[C@H](O)[C@]12C)[C@@]1(C)CC[C@@H](O)C[C@H]1C[C@H]3O. The quantitative estimate of drug-likeness (QED) is 0.502. The second-order valence-electron chi connectivity index (χ2n) is 12.9. The number of aliphatic hydroxyl groups is 3. The van der Waals surface area contributed by atoms with Crippen molar-refractivity contribution in [2.75, 3.05) is 7.11 Å². The Morgan fingerprint density at radius 2 is 1.73 bits per heavy atom. The van der Waals surface area contributed by atoms with Gasteiger partial charge >= 0.3 is 5.97 Å². The topological polar surface area (TPSA) is 87.0 Å². The Balaban J connectivity index is 1.48. The van der Waals surface area contributed by atoms with Crippen LogP contribution in [0.3, 0.4) is 0 Å². The molecule has 0 aromatic rings. The molecule has 0 amide bonds. The van der Waals surface area contributed by atoms with Crippen LogP contribution in [0.15, 0.2) is 0 Å². The first kappa shape index (κ1) is 25.4. The molecule has 3 unspecified atom stereocenters. The van der Waals surface area contributed by atoms with Crippen LogP contribution in [0.4, 0.5) is 0 Å². The minimum atomic E-state index is -0.331. The first-order valence-electron chi connectivity index (χ1n) is 13.7. The van der Waals surface area contributed by atoms with E-state index in [1.807, 2.05) is 6.92 Å². The molecule has 0 spiro atoms. The van der Waals surface area contributed by atoms with Gasteiger partial charge in [-0.2, -0.15) is 0 Å². The molecule has 4 saturated carbocycles. The molecule has 0 radical (unpaired) electrons. The fourth-order valence-electron chi connectivity index (χ4n) is 9.40. The fourth-order valence-corrected chi connectivity index (χ4v) is 9.40. The van der Waals surface area contributed by atoms with E-state index in [0.717, 1.165) is 64.2 Å². The summed E-state index contributed by atoms with van der Waals surface area (Å²) in [5.74, 6) is 2.11. The van der Waals surface area contributed by atoms with E-state index in [1.165, 1.54) is 7.11 Å². The van der Waals surface area contributed by atoms with Crippen LogP contribution in [0.25, 0.3) is 0 Å². The summed E-state index contributed by atoms with van der Waals surface area (Å²) in [7, 11) is 1.45. The maximum absolute atomic E-state index is 11.7. The molecule has 12 atom stereocenters. The lowest BCUT2D eigenvalue weighted by molar-refractivity contribution is -0.207. The molecule has 0 aromatic heterocycles. The number of rotatable bonds is 6. The smallest absolute Gasteiger partial charge is 0.308 e. The van der Waals surface area contributed by atoms with Gasteiger partial charge in [-0.3, -0.25) is 4.79 Å². The van der Waals surface area contributed by atoms with Crippen molar-refractivity contribution in [1.82, 2.24) is 0 Å². The van der Waals surface area contributed by atoms with Gasteiger partial charge in [0.05, 0.1) is 31.3 Å². The Morgan fingerprint density at radius 3 is 2.42 bits per heavy atom. The minimum Gasteiger partial charge on any atom is -0.469 e. The molecular formula is C28H48O5. The van der Waals surface area contributed by atoms with E-state index in [9.17, 15) is 20.1 Å². The van der Waals surface area contributed by atoms with E-state index in [2.05, 4.69) is 20.8 Å². The summed E-state index contributed by atoms with van der Waals surface area (Å²) in [5.41, 5.74) is -0.0218. The van der Waals surface area contributed by atoms with Crippen molar-refractivity contribution in [2.45, 2.75) is 110 Å².